The highest BCUT2D eigenvalue weighted by Gasteiger charge is 2.14. The Balaban J connectivity index is 2.44. The van der Waals surface area contributed by atoms with Gasteiger partial charge in [0.1, 0.15) is 36.9 Å². The van der Waals surface area contributed by atoms with Gasteiger partial charge in [-0.1, -0.05) is 6.07 Å². The predicted molar refractivity (Wildman–Crippen MR) is 111 cm³/mol. The van der Waals surface area contributed by atoms with Gasteiger partial charge in [-0.05, 0) is 12.1 Å². The van der Waals surface area contributed by atoms with Crippen molar-refractivity contribution in [3.8, 4) is 11.5 Å². The van der Waals surface area contributed by atoms with E-state index >= 15 is 0 Å². The van der Waals surface area contributed by atoms with Crippen LogP contribution in [0, 0.1) is 0 Å². The van der Waals surface area contributed by atoms with Gasteiger partial charge in [-0.2, -0.15) is 0 Å². The van der Waals surface area contributed by atoms with E-state index < -0.39 is 12.2 Å². The van der Waals surface area contributed by atoms with Gasteiger partial charge in [-0.25, -0.2) is 0 Å². The van der Waals surface area contributed by atoms with Gasteiger partial charge in [0.15, 0.2) is 0 Å². The SMILES string of the molecule is OCCN(CCO)CC(O)COc1cccc(OCC(O)CN(CCO)CCO)c1. The molecule has 30 heavy (non-hydrogen) atoms. The van der Waals surface area contributed by atoms with Crippen molar-refractivity contribution in [2.45, 2.75) is 12.2 Å². The molecule has 2 atom stereocenters. The number of ether oxygens (including phenoxy) is 2. The minimum atomic E-state index is -0.793. The van der Waals surface area contributed by atoms with E-state index in [2.05, 4.69) is 0 Å². The maximum atomic E-state index is 10.1. The lowest BCUT2D eigenvalue weighted by Gasteiger charge is -2.24. The highest BCUT2D eigenvalue weighted by Crippen LogP contribution is 2.20. The van der Waals surface area contributed by atoms with Crippen LogP contribution in [0.2, 0.25) is 0 Å². The summed E-state index contributed by atoms with van der Waals surface area (Å²) in [4.78, 5) is 3.48. The second-order valence-electron chi connectivity index (χ2n) is 6.90. The molecule has 174 valence electrons. The molecule has 0 bridgehead atoms. The number of benzene rings is 1. The third-order valence-corrected chi connectivity index (χ3v) is 4.29. The Hall–Kier alpha value is -1.50. The highest BCUT2D eigenvalue weighted by molar-refractivity contribution is 5.33. The van der Waals surface area contributed by atoms with Crippen molar-refractivity contribution in [2.75, 3.05) is 78.9 Å². The van der Waals surface area contributed by atoms with E-state index in [4.69, 9.17) is 29.9 Å². The molecule has 0 fully saturated rings. The summed E-state index contributed by atoms with van der Waals surface area (Å²) in [5.74, 6) is 0.998. The van der Waals surface area contributed by atoms with Crippen molar-refractivity contribution in [3.05, 3.63) is 24.3 Å². The molecule has 6 N–H and O–H groups in total. The van der Waals surface area contributed by atoms with Crippen LogP contribution < -0.4 is 9.47 Å². The number of aliphatic hydroxyl groups is 6. The first-order valence-electron chi connectivity index (χ1n) is 10.1. The predicted octanol–water partition coefficient (Wildman–Crippen LogP) is -2.26. The van der Waals surface area contributed by atoms with Gasteiger partial charge in [0.25, 0.3) is 0 Å². The number of hydrogen-bond donors (Lipinski definition) is 6. The molecule has 0 aromatic heterocycles. The maximum Gasteiger partial charge on any atom is 0.123 e. The summed E-state index contributed by atoms with van der Waals surface area (Å²) in [5, 5.41) is 56.3. The van der Waals surface area contributed by atoms with Gasteiger partial charge in [-0.15, -0.1) is 0 Å². The number of hydrogen-bond acceptors (Lipinski definition) is 10. The summed E-state index contributed by atoms with van der Waals surface area (Å²) < 4.78 is 11.2. The molecule has 2 unspecified atom stereocenters. The van der Waals surface area contributed by atoms with Crippen LogP contribution in [0.5, 0.6) is 11.5 Å². The Morgan fingerprint density at radius 2 is 1.03 bits per heavy atom. The molecule has 0 saturated carbocycles. The van der Waals surface area contributed by atoms with Gasteiger partial charge in [-0.3, -0.25) is 9.80 Å². The minimum absolute atomic E-state index is 0.0384. The topological polar surface area (TPSA) is 146 Å². The molecule has 10 heteroatoms. The molecule has 0 aliphatic rings. The first-order chi connectivity index (χ1) is 14.5. The number of aliphatic hydroxyl groups excluding tert-OH is 6. The van der Waals surface area contributed by atoms with Crippen molar-refractivity contribution < 1.29 is 40.1 Å². The van der Waals surface area contributed by atoms with E-state index in [0.717, 1.165) is 0 Å². The van der Waals surface area contributed by atoms with Gasteiger partial charge in [0, 0.05) is 45.3 Å². The van der Waals surface area contributed by atoms with E-state index in [0.29, 0.717) is 37.7 Å². The Labute approximate surface area is 177 Å². The van der Waals surface area contributed by atoms with Crippen molar-refractivity contribution in [1.29, 1.82) is 0 Å². The summed E-state index contributed by atoms with van der Waals surface area (Å²) >= 11 is 0. The zero-order valence-corrected chi connectivity index (χ0v) is 17.3. The fourth-order valence-electron chi connectivity index (χ4n) is 2.89. The van der Waals surface area contributed by atoms with Crippen LogP contribution in [0.4, 0.5) is 0 Å². The van der Waals surface area contributed by atoms with Gasteiger partial charge >= 0.3 is 0 Å². The standard InChI is InChI=1S/C20H36N2O8/c23-8-4-21(5-9-24)13-17(27)15-29-19-2-1-3-20(12-19)30-16-18(28)14-22(6-10-25)7-11-26/h1-3,12,17-18,23-28H,4-11,13-16H2. The van der Waals surface area contributed by atoms with Crippen LogP contribution in [0.3, 0.4) is 0 Å². The summed E-state index contributed by atoms with van der Waals surface area (Å²) in [6.45, 7) is 1.81. The third-order valence-electron chi connectivity index (χ3n) is 4.29. The zero-order valence-electron chi connectivity index (χ0n) is 17.3. The lowest BCUT2D eigenvalue weighted by Crippen LogP contribution is -2.39. The molecule has 1 aromatic carbocycles. The highest BCUT2D eigenvalue weighted by atomic mass is 16.5. The maximum absolute atomic E-state index is 10.1. The van der Waals surface area contributed by atoms with E-state index in [1.807, 2.05) is 0 Å². The molecule has 1 aromatic rings. The molecule has 0 radical (unpaired) electrons. The van der Waals surface area contributed by atoms with Crippen LogP contribution in [0.1, 0.15) is 0 Å². The van der Waals surface area contributed by atoms with E-state index in [-0.39, 0.29) is 52.7 Å². The molecule has 10 nitrogen and oxygen atoms in total. The monoisotopic (exact) mass is 432 g/mol. The lowest BCUT2D eigenvalue weighted by molar-refractivity contribution is 0.0534. The molecule has 1 rings (SSSR count). The first-order valence-corrected chi connectivity index (χ1v) is 10.1. The fourth-order valence-corrected chi connectivity index (χ4v) is 2.89. The first kappa shape index (κ1) is 26.5. The third kappa shape index (κ3) is 11.6. The molecular weight excluding hydrogens is 396 g/mol. The summed E-state index contributed by atoms with van der Waals surface area (Å²) in [6, 6.07) is 6.83. The molecule has 0 spiro atoms. The molecular formula is C20H36N2O8. The van der Waals surface area contributed by atoms with Gasteiger partial charge < -0.3 is 40.1 Å². The smallest absolute Gasteiger partial charge is 0.123 e. The summed E-state index contributed by atoms with van der Waals surface area (Å²) in [6.07, 6.45) is -1.59. The fraction of sp³-hybridized carbons (Fsp3) is 0.700. The van der Waals surface area contributed by atoms with Crippen molar-refractivity contribution >= 4 is 0 Å². The van der Waals surface area contributed by atoms with Crippen LogP contribution in [0.25, 0.3) is 0 Å². The van der Waals surface area contributed by atoms with Crippen LogP contribution >= 0.6 is 0 Å². The van der Waals surface area contributed by atoms with Crippen molar-refractivity contribution in [2.24, 2.45) is 0 Å². The average Bonchev–Trinajstić information content (AvgIpc) is 2.72. The van der Waals surface area contributed by atoms with Gasteiger partial charge in [0.05, 0.1) is 26.4 Å². The second-order valence-corrected chi connectivity index (χ2v) is 6.90. The van der Waals surface area contributed by atoms with Crippen LogP contribution in [-0.4, -0.2) is 132 Å². The quantitative estimate of drug-likeness (QED) is 0.150. The number of nitrogens with zero attached hydrogens (tertiary/aromatic N) is 2. The number of rotatable bonds is 18. The molecule has 0 heterocycles. The Morgan fingerprint density at radius 1 is 0.667 bits per heavy atom. The zero-order chi connectivity index (χ0) is 22.2. The van der Waals surface area contributed by atoms with E-state index in [1.165, 1.54) is 0 Å². The lowest BCUT2D eigenvalue weighted by atomic mass is 10.3. The summed E-state index contributed by atoms with van der Waals surface area (Å²) in [5.41, 5.74) is 0. The second kappa shape index (κ2) is 16.2. The largest absolute Gasteiger partial charge is 0.491 e. The molecule has 0 aliphatic heterocycles. The average molecular weight is 433 g/mol. The van der Waals surface area contributed by atoms with Crippen molar-refractivity contribution in [3.63, 3.8) is 0 Å². The van der Waals surface area contributed by atoms with Crippen LogP contribution in [0.15, 0.2) is 24.3 Å². The van der Waals surface area contributed by atoms with E-state index in [9.17, 15) is 10.2 Å². The Kier molecular flexibility index (Phi) is 14.4. The van der Waals surface area contributed by atoms with E-state index in [1.54, 1.807) is 34.1 Å². The summed E-state index contributed by atoms with van der Waals surface area (Å²) in [7, 11) is 0. The van der Waals surface area contributed by atoms with Gasteiger partial charge in [0.2, 0.25) is 0 Å². The molecule has 0 aliphatic carbocycles. The molecule has 0 saturated heterocycles. The van der Waals surface area contributed by atoms with Crippen LogP contribution in [-0.2, 0) is 0 Å². The minimum Gasteiger partial charge on any atom is -0.491 e. The molecule has 0 amide bonds. The Bertz CT molecular complexity index is 496. The Morgan fingerprint density at radius 3 is 1.37 bits per heavy atom. The van der Waals surface area contributed by atoms with Crippen molar-refractivity contribution in [1.82, 2.24) is 9.80 Å². The normalized spacial score (nSPS) is 13.6.